The molecule has 0 spiro atoms. The highest BCUT2D eigenvalue weighted by molar-refractivity contribution is 6.39. The Morgan fingerprint density at radius 2 is 1.85 bits per heavy atom. The summed E-state index contributed by atoms with van der Waals surface area (Å²) in [6.07, 6.45) is 1.38. The van der Waals surface area contributed by atoms with Gasteiger partial charge in [-0.3, -0.25) is 14.4 Å². The van der Waals surface area contributed by atoms with E-state index in [1.807, 2.05) is 19.9 Å². The van der Waals surface area contributed by atoms with Gasteiger partial charge in [-0.05, 0) is 55.3 Å². The molecule has 0 aliphatic carbocycles. The van der Waals surface area contributed by atoms with E-state index >= 15 is 0 Å². The van der Waals surface area contributed by atoms with E-state index in [2.05, 4.69) is 15.8 Å². The predicted molar refractivity (Wildman–Crippen MR) is 126 cm³/mol. The van der Waals surface area contributed by atoms with Gasteiger partial charge in [0.2, 0.25) is 0 Å². The topological polar surface area (TPSA) is 119 Å². The molecular weight excluding hydrogens is 440 g/mol. The second-order valence-electron chi connectivity index (χ2n) is 7.44. The van der Waals surface area contributed by atoms with Crippen molar-refractivity contribution in [3.05, 3.63) is 53.6 Å². The lowest BCUT2D eigenvalue weighted by Gasteiger charge is -2.26. The Kier molecular flexibility index (Phi) is 8.98. The maximum atomic E-state index is 12.3. The van der Waals surface area contributed by atoms with Crippen molar-refractivity contribution in [3.8, 4) is 11.5 Å². The van der Waals surface area contributed by atoms with Crippen LogP contribution in [0.2, 0.25) is 0 Å². The zero-order valence-corrected chi connectivity index (χ0v) is 19.2. The third-order valence-electron chi connectivity index (χ3n) is 4.84. The summed E-state index contributed by atoms with van der Waals surface area (Å²) in [7, 11) is 0. The molecule has 0 bridgehead atoms. The zero-order valence-electron chi connectivity index (χ0n) is 19.2. The van der Waals surface area contributed by atoms with Crippen molar-refractivity contribution in [3.63, 3.8) is 0 Å². The minimum absolute atomic E-state index is 0.111. The quantitative estimate of drug-likeness (QED) is 0.346. The van der Waals surface area contributed by atoms with E-state index in [-0.39, 0.29) is 12.5 Å². The fourth-order valence-corrected chi connectivity index (χ4v) is 3.16. The first-order valence-electron chi connectivity index (χ1n) is 10.9. The molecule has 34 heavy (non-hydrogen) atoms. The number of rotatable bonds is 8. The summed E-state index contributed by atoms with van der Waals surface area (Å²) in [6.45, 7) is 6.13. The molecule has 2 aromatic rings. The van der Waals surface area contributed by atoms with E-state index in [1.54, 1.807) is 41.3 Å². The number of morpholine rings is 1. The molecule has 1 fully saturated rings. The normalized spacial score (nSPS) is 13.4. The molecular formula is C24H28N4O6. The van der Waals surface area contributed by atoms with Gasteiger partial charge in [-0.25, -0.2) is 5.43 Å². The van der Waals surface area contributed by atoms with Gasteiger partial charge in [0.05, 0.1) is 26.0 Å². The minimum Gasteiger partial charge on any atom is -0.490 e. The van der Waals surface area contributed by atoms with Crippen molar-refractivity contribution in [2.24, 2.45) is 5.10 Å². The van der Waals surface area contributed by atoms with Crippen LogP contribution in [0.1, 0.15) is 18.1 Å². The number of benzene rings is 2. The third-order valence-corrected chi connectivity index (χ3v) is 4.84. The molecule has 2 N–H and O–H groups in total. The third kappa shape index (κ3) is 7.31. The van der Waals surface area contributed by atoms with Gasteiger partial charge in [-0.2, -0.15) is 5.10 Å². The number of nitrogens with one attached hydrogen (secondary N) is 2. The largest absolute Gasteiger partial charge is 0.490 e. The number of aryl methyl sites for hydroxylation is 1. The summed E-state index contributed by atoms with van der Waals surface area (Å²) in [6, 6.07) is 12.1. The molecule has 2 aromatic carbocycles. The molecule has 1 aliphatic rings. The average Bonchev–Trinajstić information content (AvgIpc) is 2.84. The average molecular weight is 469 g/mol. The van der Waals surface area contributed by atoms with Gasteiger partial charge >= 0.3 is 11.8 Å². The highest BCUT2D eigenvalue weighted by atomic mass is 16.5. The fourth-order valence-electron chi connectivity index (χ4n) is 3.16. The van der Waals surface area contributed by atoms with E-state index in [0.29, 0.717) is 55.7 Å². The van der Waals surface area contributed by atoms with E-state index in [1.165, 1.54) is 6.21 Å². The molecule has 0 aromatic heterocycles. The van der Waals surface area contributed by atoms with Crippen LogP contribution in [0.5, 0.6) is 11.5 Å². The molecule has 1 heterocycles. The van der Waals surface area contributed by atoms with Crippen molar-refractivity contribution in [2.45, 2.75) is 13.8 Å². The number of hydrogen-bond donors (Lipinski definition) is 2. The first-order chi connectivity index (χ1) is 16.5. The molecule has 0 unspecified atom stereocenters. The van der Waals surface area contributed by atoms with Crippen LogP contribution in [0.4, 0.5) is 5.69 Å². The van der Waals surface area contributed by atoms with Crippen LogP contribution >= 0.6 is 0 Å². The lowest BCUT2D eigenvalue weighted by Crippen LogP contribution is -2.43. The second kappa shape index (κ2) is 12.4. The van der Waals surface area contributed by atoms with Gasteiger partial charge in [-0.15, -0.1) is 0 Å². The summed E-state index contributed by atoms with van der Waals surface area (Å²) < 4.78 is 16.5. The Hall–Kier alpha value is -3.92. The fraction of sp³-hybridized carbons (Fsp3) is 0.333. The van der Waals surface area contributed by atoms with Gasteiger partial charge in [0.1, 0.15) is 0 Å². The van der Waals surface area contributed by atoms with Crippen LogP contribution < -0.4 is 20.2 Å². The summed E-state index contributed by atoms with van der Waals surface area (Å²) >= 11 is 0. The molecule has 1 saturated heterocycles. The van der Waals surface area contributed by atoms with Crippen molar-refractivity contribution in [2.75, 3.05) is 44.8 Å². The number of anilines is 1. The lowest BCUT2D eigenvalue weighted by molar-refractivity contribution is -0.137. The number of hydrazone groups is 1. The molecule has 0 saturated carbocycles. The van der Waals surface area contributed by atoms with E-state index < -0.39 is 11.8 Å². The molecule has 1 aliphatic heterocycles. The number of ether oxygens (including phenoxy) is 3. The van der Waals surface area contributed by atoms with Gasteiger partial charge < -0.3 is 24.4 Å². The highest BCUT2D eigenvalue weighted by Gasteiger charge is 2.18. The van der Waals surface area contributed by atoms with Gasteiger partial charge in [-0.1, -0.05) is 12.1 Å². The zero-order chi connectivity index (χ0) is 24.3. The Morgan fingerprint density at radius 3 is 2.59 bits per heavy atom. The molecule has 10 nitrogen and oxygen atoms in total. The van der Waals surface area contributed by atoms with Crippen LogP contribution in [-0.2, 0) is 19.1 Å². The first kappa shape index (κ1) is 24.7. The molecule has 180 valence electrons. The van der Waals surface area contributed by atoms with Crippen LogP contribution in [0, 0.1) is 6.92 Å². The Balaban J connectivity index is 1.55. The highest BCUT2D eigenvalue weighted by Crippen LogP contribution is 2.28. The smallest absolute Gasteiger partial charge is 0.329 e. The summed E-state index contributed by atoms with van der Waals surface area (Å²) in [5.74, 6) is -0.995. The van der Waals surface area contributed by atoms with E-state index in [0.717, 1.165) is 5.56 Å². The molecule has 0 atom stereocenters. The van der Waals surface area contributed by atoms with Crippen molar-refractivity contribution in [1.29, 1.82) is 0 Å². The number of carbonyl (C=O) groups excluding carboxylic acids is 3. The first-order valence-corrected chi connectivity index (χ1v) is 10.9. The van der Waals surface area contributed by atoms with Crippen LogP contribution in [0.3, 0.4) is 0 Å². The summed E-state index contributed by atoms with van der Waals surface area (Å²) in [5, 5.41) is 6.35. The number of nitrogens with zero attached hydrogens (tertiary/aromatic N) is 2. The van der Waals surface area contributed by atoms with Crippen molar-refractivity contribution < 1.29 is 28.6 Å². The number of hydrogen-bond acceptors (Lipinski definition) is 7. The van der Waals surface area contributed by atoms with Crippen molar-refractivity contribution in [1.82, 2.24) is 10.3 Å². The van der Waals surface area contributed by atoms with Crippen molar-refractivity contribution >= 4 is 29.6 Å². The standard InChI is InChI=1S/C24H28N4O6/c1-3-33-21-14-18(7-8-20(21)34-16-22(29)28-9-11-32-12-10-28)15-25-27-24(31)23(30)26-19-6-4-5-17(2)13-19/h4-8,13-15H,3,9-12,16H2,1-2H3,(H,26,30)(H,27,31). The minimum atomic E-state index is -0.899. The summed E-state index contributed by atoms with van der Waals surface area (Å²) in [5.41, 5.74) is 4.28. The van der Waals surface area contributed by atoms with E-state index in [4.69, 9.17) is 14.2 Å². The van der Waals surface area contributed by atoms with Crippen LogP contribution in [-0.4, -0.2) is 68.4 Å². The summed E-state index contributed by atoms with van der Waals surface area (Å²) in [4.78, 5) is 38.0. The predicted octanol–water partition coefficient (Wildman–Crippen LogP) is 1.72. The molecule has 3 amide bonds. The maximum Gasteiger partial charge on any atom is 0.329 e. The van der Waals surface area contributed by atoms with Crippen LogP contribution in [0.25, 0.3) is 0 Å². The molecule has 3 rings (SSSR count). The monoisotopic (exact) mass is 468 g/mol. The maximum absolute atomic E-state index is 12.3. The lowest BCUT2D eigenvalue weighted by atomic mass is 10.2. The molecule has 10 heteroatoms. The van der Waals surface area contributed by atoms with Gasteiger partial charge in [0.25, 0.3) is 5.91 Å². The second-order valence-corrected chi connectivity index (χ2v) is 7.44. The van der Waals surface area contributed by atoms with Gasteiger partial charge in [0, 0.05) is 18.8 Å². The van der Waals surface area contributed by atoms with Crippen LogP contribution in [0.15, 0.2) is 47.6 Å². The number of carbonyl (C=O) groups is 3. The Morgan fingerprint density at radius 1 is 1.06 bits per heavy atom. The Bertz CT molecular complexity index is 1050. The number of amides is 3. The van der Waals surface area contributed by atoms with Gasteiger partial charge in [0.15, 0.2) is 18.1 Å². The Labute approximate surface area is 197 Å². The van der Waals surface area contributed by atoms with E-state index in [9.17, 15) is 14.4 Å². The molecule has 0 radical (unpaired) electrons. The SMILES string of the molecule is CCOc1cc(C=NNC(=O)C(=O)Nc2cccc(C)c2)ccc1OCC(=O)N1CCOCC1.